The quantitative estimate of drug-likeness (QED) is 0.813. The number of hydrogen-bond acceptors (Lipinski definition) is 2. The summed E-state index contributed by atoms with van der Waals surface area (Å²) in [6.45, 7) is 4.33. The molecule has 5 nitrogen and oxygen atoms in total. The smallest absolute Gasteiger partial charge is 0.324 e. The molecule has 2 rings (SSSR count). The maximum absolute atomic E-state index is 13.6. The van der Waals surface area contributed by atoms with Crippen LogP contribution in [0.1, 0.15) is 25.5 Å². The topological polar surface area (TPSA) is 66.0 Å². The molecule has 0 aliphatic carbocycles. The summed E-state index contributed by atoms with van der Waals surface area (Å²) < 4.78 is 13.6. The fourth-order valence-corrected chi connectivity index (χ4v) is 2.99. The molecule has 22 heavy (non-hydrogen) atoms. The Hall–Kier alpha value is -1.37. The van der Waals surface area contributed by atoms with Gasteiger partial charge in [0.2, 0.25) is 0 Å². The summed E-state index contributed by atoms with van der Waals surface area (Å²) in [4.78, 5) is 24.9. The molecule has 1 heterocycles. The van der Waals surface area contributed by atoms with Crippen molar-refractivity contribution in [1.29, 1.82) is 0 Å². The van der Waals surface area contributed by atoms with E-state index >= 15 is 0 Å². The van der Waals surface area contributed by atoms with Gasteiger partial charge in [0.15, 0.2) is 6.04 Å². The molecule has 120 valence electrons. The van der Waals surface area contributed by atoms with Crippen LogP contribution in [0.4, 0.5) is 9.18 Å². The fraction of sp³-hybridized carbons (Fsp3) is 0.429. The normalized spacial score (nSPS) is 17.3. The molecule has 3 amide bonds. The van der Waals surface area contributed by atoms with Crippen molar-refractivity contribution in [2.24, 2.45) is 0 Å². The van der Waals surface area contributed by atoms with Crippen molar-refractivity contribution in [2.45, 2.75) is 25.9 Å². The van der Waals surface area contributed by atoms with Crippen molar-refractivity contribution in [3.8, 4) is 0 Å². The van der Waals surface area contributed by atoms with Crippen molar-refractivity contribution < 1.29 is 19.3 Å². The second kappa shape index (κ2) is 6.81. The molecule has 1 fully saturated rings. The van der Waals surface area contributed by atoms with Crippen molar-refractivity contribution >= 4 is 35.1 Å². The Morgan fingerprint density at radius 2 is 2.05 bits per heavy atom. The van der Waals surface area contributed by atoms with Crippen LogP contribution >= 0.6 is 23.2 Å². The minimum atomic E-state index is -0.556. The van der Waals surface area contributed by atoms with E-state index in [1.165, 1.54) is 17.0 Å². The Balaban J connectivity index is 2.08. The van der Waals surface area contributed by atoms with Crippen molar-refractivity contribution in [3.63, 3.8) is 0 Å². The first kappa shape index (κ1) is 17.0. The number of urea groups is 1. The van der Waals surface area contributed by atoms with Crippen molar-refractivity contribution in [3.05, 3.63) is 33.6 Å². The van der Waals surface area contributed by atoms with E-state index in [1.807, 2.05) is 6.92 Å². The van der Waals surface area contributed by atoms with Gasteiger partial charge in [0.1, 0.15) is 11.9 Å². The van der Waals surface area contributed by atoms with Gasteiger partial charge in [0.05, 0.1) is 10.0 Å². The predicted molar refractivity (Wildman–Crippen MR) is 81.3 cm³/mol. The number of carbonyl (C=O) groups excluding carboxylic acids is 2. The molecular formula is C14H17Cl2FN3O2+. The average Bonchev–Trinajstić information content (AvgIpc) is 2.87. The summed E-state index contributed by atoms with van der Waals surface area (Å²) >= 11 is 11.8. The minimum absolute atomic E-state index is 0.0428. The third-order valence-electron chi connectivity index (χ3n) is 3.62. The van der Waals surface area contributed by atoms with Gasteiger partial charge in [0.25, 0.3) is 5.91 Å². The molecular weight excluding hydrogens is 332 g/mol. The van der Waals surface area contributed by atoms with E-state index in [0.717, 1.165) is 0 Å². The van der Waals surface area contributed by atoms with Crippen molar-refractivity contribution in [1.82, 2.24) is 10.2 Å². The zero-order chi connectivity index (χ0) is 16.4. The molecule has 2 atom stereocenters. The van der Waals surface area contributed by atoms with Crippen LogP contribution in [-0.4, -0.2) is 36.0 Å². The Kier molecular flexibility index (Phi) is 5.26. The zero-order valence-electron chi connectivity index (χ0n) is 12.2. The number of rotatable bonds is 4. The number of imide groups is 1. The third-order valence-corrected chi connectivity index (χ3v) is 4.24. The SMILES string of the molecule is C[C@H]([NH2+][C@H](C)C(=O)N1CCNC1=O)c1cc(F)c(Cl)cc1Cl. The van der Waals surface area contributed by atoms with Gasteiger partial charge < -0.3 is 10.6 Å². The lowest BCUT2D eigenvalue weighted by Gasteiger charge is -2.20. The van der Waals surface area contributed by atoms with E-state index in [2.05, 4.69) is 5.32 Å². The van der Waals surface area contributed by atoms with E-state index in [0.29, 0.717) is 23.7 Å². The van der Waals surface area contributed by atoms with Gasteiger partial charge in [-0.15, -0.1) is 0 Å². The summed E-state index contributed by atoms with van der Waals surface area (Å²) in [7, 11) is 0. The number of quaternary nitrogens is 1. The molecule has 0 saturated carbocycles. The molecule has 1 aliphatic heterocycles. The first-order chi connectivity index (χ1) is 10.3. The summed E-state index contributed by atoms with van der Waals surface area (Å²) in [5.41, 5.74) is 0.550. The van der Waals surface area contributed by atoms with E-state index in [4.69, 9.17) is 23.2 Å². The third kappa shape index (κ3) is 3.51. The van der Waals surface area contributed by atoms with Crippen LogP contribution in [-0.2, 0) is 4.79 Å². The second-order valence-corrected chi connectivity index (χ2v) is 6.09. The number of nitrogens with one attached hydrogen (secondary N) is 1. The molecule has 3 N–H and O–H groups in total. The van der Waals surface area contributed by atoms with E-state index in [1.54, 1.807) is 12.2 Å². The maximum Gasteiger partial charge on any atom is 0.324 e. The van der Waals surface area contributed by atoms with E-state index in [9.17, 15) is 14.0 Å². The maximum atomic E-state index is 13.6. The first-order valence-corrected chi connectivity index (χ1v) is 7.65. The lowest BCUT2D eigenvalue weighted by molar-refractivity contribution is -0.710. The van der Waals surface area contributed by atoms with Crippen LogP contribution in [0.25, 0.3) is 0 Å². The molecule has 0 aromatic heterocycles. The van der Waals surface area contributed by atoms with Gasteiger partial charge in [-0.2, -0.15) is 0 Å². The van der Waals surface area contributed by atoms with E-state index < -0.39 is 11.9 Å². The zero-order valence-corrected chi connectivity index (χ0v) is 13.7. The molecule has 0 unspecified atom stereocenters. The van der Waals surface area contributed by atoms with Gasteiger partial charge in [0, 0.05) is 18.7 Å². The monoisotopic (exact) mass is 348 g/mol. The molecule has 1 aliphatic rings. The molecule has 1 aromatic carbocycles. The summed E-state index contributed by atoms with van der Waals surface area (Å²) in [5, 5.41) is 4.62. The van der Waals surface area contributed by atoms with Crippen LogP contribution in [0.3, 0.4) is 0 Å². The number of hydrogen-bond donors (Lipinski definition) is 2. The number of amides is 3. The first-order valence-electron chi connectivity index (χ1n) is 6.90. The lowest BCUT2D eigenvalue weighted by Crippen LogP contribution is -2.92. The minimum Gasteiger partial charge on any atom is -0.336 e. The summed E-state index contributed by atoms with van der Waals surface area (Å²) in [5.74, 6) is -0.841. The van der Waals surface area contributed by atoms with Crippen LogP contribution in [0.15, 0.2) is 12.1 Å². The number of carbonyl (C=O) groups is 2. The predicted octanol–water partition coefficient (Wildman–Crippen LogP) is 1.70. The second-order valence-electron chi connectivity index (χ2n) is 5.28. The average molecular weight is 349 g/mol. The van der Waals surface area contributed by atoms with Gasteiger partial charge in [-0.3, -0.25) is 9.69 Å². The summed E-state index contributed by atoms with van der Waals surface area (Å²) in [6, 6.07) is 1.48. The Labute approximate surface area is 137 Å². The molecule has 0 bridgehead atoms. The molecule has 8 heteroatoms. The molecule has 0 spiro atoms. The van der Waals surface area contributed by atoms with Gasteiger partial charge in [-0.05, 0) is 26.0 Å². The van der Waals surface area contributed by atoms with Crippen LogP contribution < -0.4 is 10.6 Å². The van der Waals surface area contributed by atoms with Crippen LogP contribution in [0, 0.1) is 5.82 Å². The Morgan fingerprint density at radius 3 is 2.64 bits per heavy atom. The number of benzene rings is 1. The van der Waals surface area contributed by atoms with Crippen LogP contribution in [0.5, 0.6) is 0 Å². The highest BCUT2D eigenvalue weighted by atomic mass is 35.5. The highest BCUT2D eigenvalue weighted by Crippen LogP contribution is 2.27. The number of nitrogens with zero attached hydrogens (tertiary/aromatic N) is 1. The fourth-order valence-electron chi connectivity index (χ4n) is 2.43. The van der Waals surface area contributed by atoms with Crippen LogP contribution in [0.2, 0.25) is 10.0 Å². The van der Waals surface area contributed by atoms with E-state index in [-0.39, 0.29) is 23.0 Å². The highest BCUT2D eigenvalue weighted by Gasteiger charge is 2.32. The lowest BCUT2D eigenvalue weighted by atomic mass is 10.1. The largest absolute Gasteiger partial charge is 0.336 e. The summed E-state index contributed by atoms with van der Waals surface area (Å²) in [6.07, 6.45) is 0. The van der Waals surface area contributed by atoms with Gasteiger partial charge >= 0.3 is 6.03 Å². The number of nitrogens with two attached hydrogens (primary N) is 1. The van der Waals surface area contributed by atoms with Gasteiger partial charge in [-0.1, -0.05) is 23.2 Å². The Bertz CT molecular complexity index is 612. The number of halogens is 3. The van der Waals surface area contributed by atoms with Gasteiger partial charge in [-0.25, -0.2) is 9.18 Å². The molecule has 0 radical (unpaired) electrons. The molecule has 1 aromatic rings. The standard InChI is InChI=1S/C14H16Cl2FN3O2/c1-7(9-5-12(17)11(16)6-10(9)15)19-8(2)13(21)20-4-3-18-14(20)22/h5-8,19H,3-4H2,1-2H3,(H,18,22)/p+1/t7-,8+/m0/s1. The van der Waals surface area contributed by atoms with Crippen molar-refractivity contribution in [2.75, 3.05) is 13.1 Å². The Morgan fingerprint density at radius 1 is 1.36 bits per heavy atom. The molecule has 1 saturated heterocycles. The highest BCUT2D eigenvalue weighted by molar-refractivity contribution is 6.35.